The summed E-state index contributed by atoms with van der Waals surface area (Å²) in [6.45, 7) is 3.15. The van der Waals surface area contributed by atoms with Crippen LogP contribution in [0.25, 0.3) is 22.4 Å². The normalized spacial score (nSPS) is 14.9. The van der Waals surface area contributed by atoms with Crippen molar-refractivity contribution in [3.63, 3.8) is 0 Å². The van der Waals surface area contributed by atoms with Gasteiger partial charge in [0.15, 0.2) is 12.7 Å². The van der Waals surface area contributed by atoms with Crippen molar-refractivity contribution in [1.29, 1.82) is 0 Å². The van der Waals surface area contributed by atoms with E-state index in [9.17, 15) is 0 Å². The summed E-state index contributed by atoms with van der Waals surface area (Å²) in [4.78, 5) is 0. The molecular formula is C23H22N+. The molecule has 118 valence electrons. The molecule has 2 aliphatic rings. The molecule has 1 nitrogen and oxygen atoms in total. The van der Waals surface area contributed by atoms with Gasteiger partial charge in [0.05, 0.1) is 5.56 Å². The fourth-order valence-corrected chi connectivity index (χ4v) is 4.33. The van der Waals surface area contributed by atoms with Crippen molar-refractivity contribution in [2.75, 3.05) is 0 Å². The zero-order valence-electron chi connectivity index (χ0n) is 14.2. The molecule has 0 saturated heterocycles. The van der Waals surface area contributed by atoms with Crippen molar-refractivity contribution in [2.24, 2.45) is 0 Å². The molecule has 0 atom stereocenters. The van der Waals surface area contributed by atoms with Gasteiger partial charge >= 0.3 is 0 Å². The molecule has 0 radical (unpaired) electrons. The number of rotatable bonds is 1. The SMILES string of the molecule is Cc1ccc(-c2ccc3[n+](c2)Cc2ccc4c(c2-3)CCCC4)cc1. The van der Waals surface area contributed by atoms with Crippen LogP contribution in [0.15, 0.2) is 54.7 Å². The van der Waals surface area contributed by atoms with Gasteiger partial charge in [0.25, 0.3) is 0 Å². The summed E-state index contributed by atoms with van der Waals surface area (Å²) >= 11 is 0. The third-order valence-corrected chi connectivity index (χ3v) is 5.63. The predicted molar refractivity (Wildman–Crippen MR) is 98.0 cm³/mol. The number of fused-ring (bicyclic) bond motifs is 5. The minimum absolute atomic E-state index is 1.01. The summed E-state index contributed by atoms with van der Waals surface area (Å²) in [6.07, 6.45) is 7.51. The molecule has 0 bridgehead atoms. The molecule has 1 aliphatic carbocycles. The first-order valence-corrected chi connectivity index (χ1v) is 9.04. The van der Waals surface area contributed by atoms with Crippen molar-refractivity contribution in [3.05, 3.63) is 77.0 Å². The Bertz CT molecular complexity index is 935. The van der Waals surface area contributed by atoms with Crippen LogP contribution in [0.5, 0.6) is 0 Å². The molecule has 0 saturated carbocycles. The van der Waals surface area contributed by atoms with Crippen LogP contribution in [0.1, 0.15) is 35.1 Å². The van der Waals surface area contributed by atoms with Crippen LogP contribution < -0.4 is 4.57 Å². The maximum absolute atomic E-state index is 2.44. The van der Waals surface area contributed by atoms with Crippen LogP contribution in [0, 0.1) is 6.92 Å². The summed E-state index contributed by atoms with van der Waals surface area (Å²) in [5, 5.41) is 0. The maximum atomic E-state index is 2.44. The van der Waals surface area contributed by atoms with Gasteiger partial charge in [-0.3, -0.25) is 0 Å². The van der Waals surface area contributed by atoms with Crippen LogP contribution in [-0.2, 0) is 19.4 Å². The van der Waals surface area contributed by atoms with E-state index >= 15 is 0 Å². The molecule has 1 heteroatoms. The van der Waals surface area contributed by atoms with E-state index in [4.69, 9.17) is 0 Å². The number of hydrogen-bond donors (Lipinski definition) is 0. The third kappa shape index (κ3) is 2.11. The minimum Gasteiger partial charge on any atom is -0.193 e. The smallest absolute Gasteiger partial charge is 0.193 e. The highest BCUT2D eigenvalue weighted by molar-refractivity contribution is 5.72. The standard InChI is InChI=1S/C23H22N/c1-16-6-8-17(9-7-16)19-12-13-22-23-20(15-24(22)14-19)11-10-18-4-2-3-5-21(18)23/h6-14H,2-5,15H2,1H3/q+1. The Balaban J connectivity index is 1.62. The minimum atomic E-state index is 1.01. The molecule has 1 aromatic heterocycles. The van der Waals surface area contributed by atoms with Gasteiger partial charge in [-0.2, -0.15) is 4.57 Å². The lowest BCUT2D eigenvalue weighted by Crippen LogP contribution is -2.31. The summed E-state index contributed by atoms with van der Waals surface area (Å²) in [5.74, 6) is 0. The number of aromatic nitrogens is 1. The highest BCUT2D eigenvalue weighted by Crippen LogP contribution is 2.36. The van der Waals surface area contributed by atoms with E-state index in [1.165, 1.54) is 59.2 Å². The summed E-state index contributed by atoms with van der Waals surface area (Å²) < 4.78 is 2.44. The largest absolute Gasteiger partial charge is 0.213 e. The van der Waals surface area contributed by atoms with Gasteiger partial charge in [-0.05, 0) is 55.4 Å². The molecule has 0 N–H and O–H groups in total. The van der Waals surface area contributed by atoms with Crippen LogP contribution in [0.3, 0.4) is 0 Å². The van der Waals surface area contributed by atoms with E-state index in [1.54, 1.807) is 11.1 Å². The van der Waals surface area contributed by atoms with Gasteiger partial charge < -0.3 is 0 Å². The molecule has 2 aromatic carbocycles. The number of nitrogens with zero attached hydrogens (tertiary/aromatic N) is 1. The lowest BCUT2D eigenvalue weighted by molar-refractivity contribution is -0.671. The van der Waals surface area contributed by atoms with Crippen LogP contribution in [0.4, 0.5) is 0 Å². The van der Waals surface area contributed by atoms with Crippen LogP contribution in [0.2, 0.25) is 0 Å². The molecule has 3 aromatic rings. The highest BCUT2D eigenvalue weighted by Gasteiger charge is 2.30. The molecule has 5 rings (SSSR count). The lowest BCUT2D eigenvalue weighted by Gasteiger charge is -2.17. The predicted octanol–water partition coefficient (Wildman–Crippen LogP) is 4.86. The zero-order valence-corrected chi connectivity index (χ0v) is 14.2. The number of hydrogen-bond acceptors (Lipinski definition) is 0. The zero-order chi connectivity index (χ0) is 16.1. The first-order valence-electron chi connectivity index (χ1n) is 9.04. The van der Waals surface area contributed by atoms with Crippen molar-refractivity contribution < 1.29 is 4.57 Å². The fourth-order valence-electron chi connectivity index (χ4n) is 4.33. The van der Waals surface area contributed by atoms with Gasteiger partial charge in [0.1, 0.15) is 0 Å². The Morgan fingerprint density at radius 3 is 2.38 bits per heavy atom. The first-order chi connectivity index (χ1) is 11.8. The molecule has 1 aliphatic heterocycles. The van der Waals surface area contributed by atoms with E-state index in [1.807, 2.05) is 0 Å². The van der Waals surface area contributed by atoms with E-state index in [0.29, 0.717) is 0 Å². The number of aryl methyl sites for hydroxylation is 2. The van der Waals surface area contributed by atoms with Crippen LogP contribution >= 0.6 is 0 Å². The Hall–Kier alpha value is -2.41. The second-order valence-electron chi connectivity index (χ2n) is 7.24. The van der Waals surface area contributed by atoms with Gasteiger partial charge in [-0.25, -0.2) is 0 Å². The molecule has 2 heterocycles. The highest BCUT2D eigenvalue weighted by atomic mass is 15.0. The molecule has 24 heavy (non-hydrogen) atoms. The van der Waals surface area contributed by atoms with Crippen molar-refractivity contribution >= 4 is 0 Å². The van der Waals surface area contributed by atoms with Gasteiger partial charge in [-0.1, -0.05) is 42.0 Å². The first kappa shape index (κ1) is 14.0. The molecule has 0 amide bonds. The summed E-state index contributed by atoms with van der Waals surface area (Å²) in [6, 6.07) is 18.2. The second kappa shape index (κ2) is 5.31. The number of pyridine rings is 1. The van der Waals surface area contributed by atoms with Crippen molar-refractivity contribution in [3.8, 4) is 22.4 Å². The molecule has 0 unspecified atom stereocenters. The van der Waals surface area contributed by atoms with Gasteiger partial charge in [0, 0.05) is 17.2 Å². The van der Waals surface area contributed by atoms with Crippen molar-refractivity contribution in [1.82, 2.24) is 0 Å². The summed E-state index contributed by atoms with van der Waals surface area (Å²) in [7, 11) is 0. The average Bonchev–Trinajstić information content (AvgIpc) is 3.00. The Labute approximate surface area is 143 Å². The second-order valence-corrected chi connectivity index (χ2v) is 7.24. The summed E-state index contributed by atoms with van der Waals surface area (Å²) in [5.41, 5.74) is 11.5. The lowest BCUT2D eigenvalue weighted by atomic mass is 9.85. The Morgan fingerprint density at radius 1 is 0.750 bits per heavy atom. The van der Waals surface area contributed by atoms with E-state index in [0.717, 1.165) is 6.54 Å². The van der Waals surface area contributed by atoms with E-state index in [-0.39, 0.29) is 0 Å². The quantitative estimate of drug-likeness (QED) is 0.442. The Morgan fingerprint density at radius 2 is 1.50 bits per heavy atom. The maximum Gasteiger partial charge on any atom is 0.213 e. The van der Waals surface area contributed by atoms with Gasteiger partial charge in [0.2, 0.25) is 5.69 Å². The molecule has 0 fully saturated rings. The third-order valence-electron chi connectivity index (χ3n) is 5.63. The number of benzene rings is 2. The topological polar surface area (TPSA) is 3.88 Å². The molecule has 0 spiro atoms. The fraction of sp³-hybridized carbons (Fsp3) is 0.261. The van der Waals surface area contributed by atoms with E-state index in [2.05, 4.69) is 66.2 Å². The Kier molecular flexibility index (Phi) is 3.09. The van der Waals surface area contributed by atoms with Gasteiger partial charge in [-0.15, -0.1) is 0 Å². The monoisotopic (exact) mass is 312 g/mol. The van der Waals surface area contributed by atoms with Crippen molar-refractivity contribution in [2.45, 2.75) is 39.2 Å². The van der Waals surface area contributed by atoms with Crippen LogP contribution in [-0.4, -0.2) is 0 Å². The van der Waals surface area contributed by atoms with E-state index < -0.39 is 0 Å². The molecular weight excluding hydrogens is 290 g/mol. The average molecular weight is 312 g/mol.